The number of nitrogens with two attached hydrogens (primary N) is 1. The van der Waals surface area contributed by atoms with Crippen LogP contribution in [-0.2, 0) is 9.47 Å². The average Bonchev–Trinajstić information content (AvgIpc) is 2.69. The molecule has 82 valence electrons. The minimum atomic E-state index is 0.277. The first-order valence-electron chi connectivity index (χ1n) is 4.98. The van der Waals surface area contributed by atoms with E-state index in [1.54, 1.807) is 0 Å². The minimum Gasteiger partial charge on any atom is -0.409 e. The standard InChI is InChI=1S/C9H18N2O3/c10-9(11-12)3-1-2-5-14-8-4-6-13-7-8/h8,12H,1-7H2,(H2,10,11). The van der Waals surface area contributed by atoms with Crippen LogP contribution < -0.4 is 5.73 Å². The molecule has 1 heterocycles. The normalized spacial score (nSPS) is 22.9. The topological polar surface area (TPSA) is 77.1 Å². The Morgan fingerprint density at radius 1 is 1.57 bits per heavy atom. The van der Waals surface area contributed by atoms with Crippen molar-refractivity contribution < 1.29 is 14.7 Å². The van der Waals surface area contributed by atoms with Crippen molar-refractivity contribution in [3.05, 3.63) is 0 Å². The van der Waals surface area contributed by atoms with Crippen molar-refractivity contribution in [1.82, 2.24) is 0 Å². The first-order valence-corrected chi connectivity index (χ1v) is 4.98. The van der Waals surface area contributed by atoms with Crippen molar-refractivity contribution in [1.29, 1.82) is 0 Å². The van der Waals surface area contributed by atoms with Gasteiger partial charge in [0, 0.05) is 19.6 Å². The summed E-state index contributed by atoms with van der Waals surface area (Å²) in [6, 6.07) is 0. The molecule has 0 aromatic carbocycles. The van der Waals surface area contributed by atoms with Crippen LogP contribution in [-0.4, -0.2) is 37.0 Å². The lowest BCUT2D eigenvalue weighted by Crippen LogP contribution is -2.14. The van der Waals surface area contributed by atoms with Crippen LogP contribution in [0.25, 0.3) is 0 Å². The molecule has 1 aliphatic rings. The molecule has 14 heavy (non-hydrogen) atoms. The average molecular weight is 202 g/mol. The van der Waals surface area contributed by atoms with Gasteiger partial charge in [0.15, 0.2) is 0 Å². The van der Waals surface area contributed by atoms with Crippen LogP contribution >= 0.6 is 0 Å². The lowest BCUT2D eigenvalue weighted by Gasteiger charge is -2.08. The third-order valence-corrected chi connectivity index (χ3v) is 2.20. The van der Waals surface area contributed by atoms with Gasteiger partial charge < -0.3 is 20.4 Å². The Morgan fingerprint density at radius 2 is 2.43 bits per heavy atom. The number of hydrogen-bond donors (Lipinski definition) is 2. The molecule has 1 saturated heterocycles. The van der Waals surface area contributed by atoms with Crippen molar-refractivity contribution in [2.45, 2.75) is 31.8 Å². The maximum atomic E-state index is 8.28. The second kappa shape index (κ2) is 6.62. The highest BCUT2D eigenvalue weighted by Gasteiger charge is 2.15. The monoisotopic (exact) mass is 202 g/mol. The van der Waals surface area contributed by atoms with Crippen LogP contribution in [0, 0.1) is 0 Å². The molecule has 5 heteroatoms. The van der Waals surface area contributed by atoms with Gasteiger partial charge in [-0.2, -0.15) is 0 Å². The zero-order chi connectivity index (χ0) is 10.2. The van der Waals surface area contributed by atoms with Crippen molar-refractivity contribution in [3.8, 4) is 0 Å². The number of oxime groups is 1. The van der Waals surface area contributed by atoms with Gasteiger partial charge in [-0.05, 0) is 19.3 Å². The van der Waals surface area contributed by atoms with E-state index < -0.39 is 0 Å². The molecule has 0 aromatic heterocycles. The van der Waals surface area contributed by atoms with Gasteiger partial charge >= 0.3 is 0 Å². The minimum absolute atomic E-state index is 0.277. The number of hydrogen-bond acceptors (Lipinski definition) is 4. The van der Waals surface area contributed by atoms with E-state index in [-0.39, 0.29) is 11.9 Å². The zero-order valence-electron chi connectivity index (χ0n) is 8.32. The van der Waals surface area contributed by atoms with E-state index in [4.69, 9.17) is 20.4 Å². The fraction of sp³-hybridized carbons (Fsp3) is 0.889. The molecule has 0 spiro atoms. The maximum absolute atomic E-state index is 8.28. The van der Waals surface area contributed by atoms with Crippen LogP contribution in [0.4, 0.5) is 0 Å². The summed E-state index contributed by atoms with van der Waals surface area (Å²) >= 11 is 0. The summed E-state index contributed by atoms with van der Waals surface area (Å²) < 4.78 is 10.7. The van der Waals surface area contributed by atoms with Crippen molar-refractivity contribution in [2.24, 2.45) is 10.9 Å². The number of nitrogens with zero attached hydrogens (tertiary/aromatic N) is 1. The van der Waals surface area contributed by atoms with Crippen LogP contribution in [0.15, 0.2) is 5.16 Å². The van der Waals surface area contributed by atoms with Gasteiger partial charge in [0.25, 0.3) is 0 Å². The third kappa shape index (κ3) is 4.43. The molecular weight excluding hydrogens is 184 g/mol. The Labute approximate surface area is 83.9 Å². The lowest BCUT2D eigenvalue weighted by molar-refractivity contribution is 0.0410. The first-order chi connectivity index (χ1) is 6.83. The molecule has 5 nitrogen and oxygen atoms in total. The molecule has 0 amide bonds. The van der Waals surface area contributed by atoms with Crippen LogP contribution in [0.5, 0.6) is 0 Å². The summed E-state index contributed by atoms with van der Waals surface area (Å²) in [6.07, 6.45) is 3.73. The Hall–Kier alpha value is -0.810. The summed E-state index contributed by atoms with van der Waals surface area (Å²) in [5.74, 6) is 0.286. The Balaban J connectivity index is 1.89. The van der Waals surface area contributed by atoms with Gasteiger partial charge in [0.05, 0.1) is 12.7 Å². The van der Waals surface area contributed by atoms with Crippen LogP contribution in [0.1, 0.15) is 25.7 Å². The predicted molar refractivity (Wildman–Crippen MR) is 52.4 cm³/mol. The van der Waals surface area contributed by atoms with Gasteiger partial charge in [-0.1, -0.05) is 5.16 Å². The largest absolute Gasteiger partial charge is 0.409 e. The van der Waals surface area contributed by atoms with Gasteiger partial charge in [-0.15, -0.1) is 0 Å². The van der Waals surface area contributed by atoms with E-state index in [2.05, 4.69) is 5.16 Å². The molecule has 1 unspecified atom stereocenters. The Bertz CT molecular complexity index is 179. The molecule has 1 aliphatic heterocycles. The molecular formula is C9H18N2O3. The number of ether oxygens (including phenoxy) is 2. The Morgan fingerprint density at radius 3 is 3.07 bits per heavy atom. The van der Waals surface area contributed by atoms with Crippen molar-refractivity contribution in [2.75, 3.05) is 19.8 Å². The quantitative estimate of drug-likeness (QED) is 0.218. The Kier molecular flexibility index (Phi) is 5.32. The van der Waals surface area contributed by atoms with E-state index in [1.165, 1.54) is 0 Å². The second-order valence-electron chi connectivity index (χ2n) is 3.40. The van der Waals surface area contributed by atoms with Gasteiger partial charge in [-0.25, -0.2) is 0 Å². The molecule has 1 fully saturated rings. The summed E-state index contributed by atoms with van der Waals surface area (Å²) in [7, 11) is 0. The molecule has 0 saturated carbocycles. The molecule has 3 N–H and O–H groups in total. The summed E-state index contributed by atoms with van der Waals surface area (Å²) in [5.41, 5.74) is 5.32. The molecule has 0 bridgehead atoms. The highest BCUT2D eigenvalue weighted by atomic mass is 16.5. The molecule has 1 rings (SSSR count). The first kappa shape index (κ1) is 11.3. The van der Waals surface area contributed by atoms with E-state index in [9.17, 15) is 0 Å². The van der Waals surface area contributed by atoms with Gasteiger partial charge in [-0.3, -0.25) is 0 Å². The zero-order valence-corrected chi connectivity index (χ0v) is 8.32. The van der Waals surface area contributed by atoms with E-state index in [1.807, 2.05) is 0 Å². The second-order valence-corrected chi connectivity index (χ2v) is 3.40. The van der Waals surface area contributed by atoms with E-state index in [0.717, 1.165) is 39.1 Å². The lowest BCUT2D eigenvalue weighted by atomic mass is 10.2. The smallest absolute Gasteiger partial charge is 0.139 e. The van der Waals surface area contributed by atoms with Gasteiger partial charge in [0.1, 0.15) is 5.84 Å². The SMILES string of the molecule is NC(CCCCOC1CCOC1)=NO. The molecule has 1 atom stereocenters. The summed E-state index contributed by atoms with van der Waals surface area (Å²) in [5, 5.41) is 11.2. The van der Waals surface area contributed by atoms with Crippen molar-refractivity contribution in [3.63, 3.8) is 0 Å². The van der Waals surface area contributed by atoms with E-state index in [0.29, 0.717) is 6.42 Å². The van der Waals surface area contributed by atoms with Gasteiger partial charge in [0.2, 0.25) is 0 Å². The van der Waals surface area contributed by atoms with Crippen LogP contribution in [0.3, 0.4) is 0 Å². The highest BCUT2D eigenvalue weighted by Crippen LogP contribution is 2.08. The summed E-state index contributed by atoms with van der Waals surface area (Å²) in [4.78, 5) is 0. The third-order valence-electron chi connectivity index (χ3n) is 2.20. The van der Waals surface area contributed by atoms with Crippen LogP contribution in [0.2, 0.25) is 0 Å². The maximum Gasteiger partial charge on any atom is 0.139 e. The fourth-order valence-electron chi connectivity index (χ4n) is 1.35. The molecule has 0 aliphatic carbocycles. The number of unbranched alkanes of at least 4 members (excludes halogenated alkanes) is 1. The molecule has 0 radical (unpaired) electrons. The fourth-order valence-corrected chi connectivity index (χ4v) is 1.35. The number of rotatable bonds is 6. The summed E-state index contributed by atoms with van der Waals surface area (Å²) in [6.45, 7) is 2.27. The van der Waals surface area contributed by atoms with Crippen molar-refractivity contribution >= 4 is 5.84 Å². The predicted octanol–water partition coefficient (Wildman–Crippen LogP) is 0.709. The number of amidine groups is 1. The van der Waals surface area contributed by atoms with E-state index >= 15 is 0 Å². The highest BCUT2D eigenvalue weighted by molar-refractivity contribution is 5.79. The molecule has 0 aromatic rings.